The Bertz CT molecular complexity index is 578. The fourth-order valence-electron chi connectivity index (χ4n) is 3.63. The number of piperidine rings is 1. The fraction of sp³-hybridized carbons (Fsp3) is 0.632. The Morgan fingerprint density at radius 1 is 1.27 bits per heavy atom. The highest BCUT2D eigenvalue weighted by atomic mass is 35.5. The molecule has 1 unspecified atom stereocenters. The molecule has 26 heavy (non-hydrogen) atoms. The van der Waals surface area contributed by atoms with E-state index in [2.05, 4.69) is 15.5 Å². The van der Waals surface area contributed by atoms with Gasteiger partial charge in [-0.3, -0.25) is 4.79 Å². The van der Waals surface area contributed by atoms with Crippen molar-refractivity contribution in [3.63, 3.8) is 0 Å². The second kappa shape index (κ2) is 10.4. The maximum atomic E-state index is 12.5. The molecular weight excluding hydrogens is 373 g/mol. The van der Waals surface area contributed by atoms with E-state index < -0.39 is 0 Å². The van der Waals surface area contributed by atoms with E-state index in [9.17, 15) is 4.79 Å². The molecule has 1 atom stereocenters. The quantitative estimate of drug-likeness (QED) is 0.733. The summed E-state index contributed by atoms with van der Waals surface area (Å²) < 4.78 is 5.86. The number of benzene rings is 1. The van der Waals surface area contributed by atoms with E-state index in [0.29, 0.717) is 13.2 Å². The third-order valence-electron chi connectivity index (χ3n) is 5.33. The summed E-state index contributed by atoms with van der Waals surface area (Å²) in [7, 11) is 4.06. The summed E-state index contributed by atoms with van der Waals surface area (Å²) in [6.45, 7) is 4.16. The molecule has 0 bridgehead atoms. The Kier molecular flexibility index (Phi) is 9.17. The first-order valence-corrected chi connectivity index (χ1v) is 8.95. The smallest absolute Gasteiger partial charge is 0.223 e. The Hall–Kier alpha value is -1.01. The van der Waals surface area contributed by atoms with Crippen LogP contribution in [0.3, 0.4) is 0 Å². The second-order valence-corrected chi connectivity index (χ2v) is 7.35. The average Bonchev–Trinajstić information content (AvgIpc) is 3.27. The normalized spacial score (nSPS) is 20.0. The molecule has 1 aliphatic carbocycles. The van der Waals surface area contributed by atoms with Crippen LogP contribution in [0.1, 0.15) is 24.8 Å². The lowest BCUT2D eigenvalue weighted by Gasteiger charge is -2.23. The Morgan fingerprint density at radius 3 is 2.65 bits per heavy atom. The largest absolute Gasteiger partial charge is 0.492 e. The van der Waals surface area contributed by atoms with Crippen molar-refractivity contribution < 1.29 is 9.53 Å². The molecule has 1 saturated carbocycles. The number of nitrogens with one attached hydrogen (secondary N) is 2. The van der Waals surface area contributed by atoms with Crippen LogP contribution >= 0.6 is 24.8 Å². The van der Waals surface area contributed by atoms with Gasteiger partial charge in [-0.15, -0.1) is 24.8 Å². The summed E-state index contributed by atoms with van der Waals surface area (Å²) in [5, 5.41) is 6.50. The molecule has 1 aromatic rings. The molecule has 2 N–H and O–H groups in total. The van der Waals surface area contributed by atoms with Gasteiger partial charge in [0.05, 0.1) is 0 Å². The predicted molar refractivity (Wildman–Crippen MR) is 109 cm³/mol. The van der Waals surface area contributed by atoms with Crippen molar-refractivity contribution >= 4 is 30.7 Å². The molecule has 2 fully saturated rings. The first-order chi connectivity index (χ1) is 11.6. The van der Waals surface area contributed by atoms with Crippen LogP contribution in [0.25, 0.3) is 0 Å². The number of hydrogen-bond donors (Lipinski definition) is 2. The lowest BCUT2D eigenvalue weighted by molar-refractivity contribution is -0.123. The lowest BCUT2D eigenvalue weighted by Crippen LogP contribution is -2.33. The predicted octanol–water partition coefficient (Wildman–Crippen LogP) is 2.48. The number of rotatable bonds is 7. The van der Waals surface area contributed by atoms with Crippen LogP contribution in [0, 0.1) is 11.3 Å². The van der Waals surface area contributed by atoms with Gasteiger partial charge in [-0.25, -0.2) is 0 Å². The summed E-state index contributed by atoms with van der Waals surface area (Å²) in [6.07, 6.45) is 3.33. The van der Waals surface area contributed by atoms with Crippen molar-refractivity contribution in [1.29, 1.82) is 0 Å². The van der Waals surface area contributed by atoms with Gasteiger partial charge in [0, 0.05) is 24.6 Å². The van der Waals surface area contributed by atoms with Crippen LogP contribution in [0.2, 0.25) is 0 Å². The van der Waals surface area contributed by atoms with Gasteiger partial charge in [0.1, 0.15) is 12.4 Å². The fourth-order valence-corrected chi connectivity index (χ4v) is 3.63. The van der Waals surface area contributed by atoms with Crippen LogP contribution in [0.4, 0.5) is 0 Å². The van der Waals surface area contributed by atoms with Gasteiger partial charge in [0.2, 0.25) is 5.91 Å². The number of nitrogens with zero attached hydrogens (tertiary/aromatic N) is 1. The topological polar surface area (TPSA) is 53.6 Å². The molecule has 1 saturated heterocycles. The van der Waals surface area contributed by atoms with Crippen LogP contribution in [0.5, 0.6) is 5.75 Å². The monoisotopic (exact) mass is 403 g/mol. The van der Waals surface area contributed by atoms with E-state index in [1.165, 1.54) is 0 Å². The number of hydrogen-bond acceptors (Lipinski definition) is 4. The average molecular weight is 404 g/mol. The third kappa shape index (κ3) is 5.74. The van der Waals surface area contributed by atoms with Gasteiger partial charge < -0.3 is 20.3 Å². The van der Waals surface area contributed by atoms with Crippen molar-refractivity contribution in [2.24, 2.45) is 11.3 Å². The van der Waals surface area contributed by atoms with Gasteiger partial charge >= 0.3 is 0 Å². The third-order valence-corrected chi connectivity index (χ3v) is 5.33. The Balaban J connectivity index is 0.00000169. The van der Waals surface area contributed by atoms with Crippen LogP contribution in [-0.4, -0.2) is 51.1 Å². The van der Waals surface area contributed by atoms with Crippen molar-refractivity contribution in [1.82, 2.24) is 15.5 Å². The second-order valence-electron chi connectivity index (χ2n) is 7.35. The lowest BCUT2D eigenvalue weighted by atomic mass is 9.92. The number of para-hydroxylation sites is 1. The molecule has 1 aliphatic heterocycles. The summed E-state index contributed by atoms with van der Waals surface area (Å²) in [5.41, 5.74) is 1.33. The van der Waals surface area contributed by atoms with Gasteiger partial charge in [0.25, 0.3) is 0 Å². The number of likely N-dealkylation sites (N-methyl/N-ethyl adjacent to an activating group) is 1. The minimum absolute atomic E-state index is 0. The SMILES string of the molecule is CN(C)CCOc1ccccc1CNC(=O)C1CC12CCNCC2.Cl.Cl. The van der Waals surface area contributed by atoms with Gasteiger partial charge in [-0.1, -0.05) is 18.2 Å². The zero-order valence-electron chi connectivity index (χ0n) is 15.6. The van der Waals surface area contributed by atoms with Crippen LogP contribution in [0.15, 0.2) is 24.3 Å². The minimum atomic E-state index is 0. The Labute approximate surface area is 169 Å². The molecule has 5 nitrogen and oxygen atoms in total. The standard InChI is InChI=1S/C19H29N3O2.2ClH/c1-22(2)11-12-24-17-6-4-3-5-15(17)14-21-18(23)16-13-19(16)7-9-20-10-8-19;;/h3-6,16,20H,7-14H2,1-2H3,(H,21,23);2*1H. The van der Waals surface area contributed by atoms with E-state index >= 15 is 0 Å². The number of ether oxygens (including phenoxy) is 1. The molecule has 1 aromatic carbocycles. The molecule has 7 heteroatoms. The van der Waals surface area contributed by atoms with Crippen molar-refractivity contribution in [3.05, 3.63) is 29.8 Å². The van der Waals surface area contributed by atoms with Crippen molar-refractivity contribution in [2.75, 3.05) is 40.3 Å². The molecular formula is C19H31Cl2N3O2. The van der Waals surface area contributed by atoms with Gasteiger partial charge in [-0.05, 0) is 57.9 Å². The summed E-state index contributed by atoms with van der Waals surface area (Å²) >= 11 is 0. The highest BCUT2D eigenvalue weighted by molar-refractivity contribution is 5.85. The highest BCUT2D eigenvalue weighted by Crippen LogP contribution is 2.58. The van der Waals surface area contributed by atoms with Crippen LogP contribution in [-0.2, 0) is 11.3 Å². The summed E-state index contributed by atoms with van der Waals surface area (Å²) in [4.78, 5) is 14.6. The zero-order valence-corrected chi connectivity index (χ0v) is 17.3. The van der Waals surface area contributed by atoms with Gasteiger partial charge in [-0.2, -0.15) is 0 Å². The highest BCUT2D eigenvalue weighted by Gasteiger charge is 2.57. The van der Waals surface area contributed by atoms with Crippen molar-refractivity contribution in [2.45, 2.75) is 25.8 Å². The molecule has 148 valence electrons. The van der Waals surface area contributed by atoms with E-state index in [4.69, 9.17) is 4.74 Å². The molecule has 2 aliphatic rings. The maximum Gasteiger partial charge on any atom is 0.223 e. The number of amides is 1. The van der Waals surface area contributed by atoms with E-state index in [0.717, 1.165) is 50.2 Å². The summed E-state index contributed by atoms with van der Waals surface area (Å²) in [6, 6.07) is 7.97. The molecule has 1 heterocycles. The Morgan fingerprint density at radius 2 is 1.96 bits per heavy atom. The minimum Gasteiger partial charge on any atom is -0.492 e. The van der Waals surface area contributed by atoms with E-state index in [1.807, 2.05) is 38.4 Å². The van der Waals surface area contributed by atoms with E-state index in [1.54, 1.807) is 0 Å². The molecule has 3 rings (SSSR count). The molecule has 0 aromatic heterocycles. The first kappa shape index (κ1) is 23.0. The van der Waals surface area contributed by atoms with E-state index in [-0.39, 0.29) is 42.1 Å². The van der Waals surface area contributed by atoms with Crippen molar-refractivity contribution in [3.8, 4) is 5.75 Å². The molecule has 0 radical (unpaired) electrons. The molecule has 1 spiro atoms. The first-order valence-electron chi connectivity index (χ1n) is 8.95. The number of carbonyl (C=O) groups excluding carboxylic acids is 1. The number of carbonyl (C=O) groups is 1. The van der Waals surface area contributed by atoms with Gasteiger partial charge in [0.15, 0.2) is 0 Å². The summed E-state index contributed by atoms with van der Waals surface area (Å²) in [5.74, 6) is 1.29. The maximum absolute atomic E-state index is 12.5. The van der Waals surface area contributed by atoms with Crippen LogP contribution < -0.4 is 15.4 Å². The zero-order chi connectivity index (χ0) is 17.0. The molecule has 1 amide bonds. The number of halogens is 2.